The van der Waals surface area contributed by atoms with E-state index in [1.54, 1.807) is 7.11 Å². The van der Waals surface area contributed by atoms with Gasteiger partial charge >= 0.3 is 0 Å². The van der Waals surface area contributed by atoms with Crippen LogP contribution in [-0.2, 0) is 16.5 Å². The molecule has 0 rings (SSSR count). The summed E-state index contributed by atoms with van der Waals surface area (Å²) in [6.45, 7) is 13.0. The van der Waals surface area contributed by atoms with Crippen LogP contribution in [0.5, 0.6) is 0 Å². The Morgan fingerprint density at radius 2 is 1.67 bits per heavy atom. The predicted molar refractivity (Wildman–Crippen MR) is 86.9 cm³/mol. The third kappa shape index (κ3) is 5.69. The van der Waals surface area contributed by atoms with Gasteiger partial charge in [-0.05, 0) is 44.7 Å². The zero-order valence-corrected chi connectivity index (χ0v) is 14.4. The van der Waals surface area contributed by atoms with Gasteiger partial charge in [-0.1, -0.05) is 31.7 Å². The molecule has 18 heavy (non-hydrogen) atoms. The van der Waals surface area contributed by atoms with E-state index in [-0.39, 0.29) is 0 Å². The maximum absolute atomic E-state index is 5.91. The van der Waals surface area contributed by atoms with Crippen molar-refractivity contribution < 1.29 is 4.74 Å². The molecule has 0 aliphatic heterocycles. The van der Waals surface area contributed by atoms with Crippen molar-refractivity contribution in [3.8, 4) is 0 Å². The molecule has 0 saturated heterocycles. The quantitative estimate of drug-likeness (QED) is 0.368. The van der Waals surface area contributed by atoms with Crippen LogP contribution in [0.4, 0.5) is 0 Å². The highest BCUT2D eigenvalue weighted by Crippen LogP contribution is 2.53. The number of allylic oxidation sites excluding steroid dienone is 4. The van der Waals surface area contributed by atoms with Crippen LogP contribution in [0.2, 0.25) is 0 Å². The van der Waals surface area contributed by atoms with Gasteiger partial charge in [0.2, 0.25) is 0 Å². The maximum Gasteiger partial charge on any atom is 0.0924 e. The van der Waals surface area contributed by atoms with E-state index in [2.05, 4.69) is 38.2 Å². The molecule has 0 radical (unpaired) electrons. The van der Waals surface area contributed by atoms with Gasteiger partial charge in [-0.25, -0.2) is 0 Å². The lowest BCUT2D eigenvalue weighted by atomic mass is 10.4. The average molecular weight is 289 g/mol. The number of hydrogen-bond donors (Lipinski definition) is 0. The lowest BCUT2D eigenvalue weighted by Gasteiger charge is -2.32. The molecule has 0 amide bonds. The fourth-order valence-electron chi connectivity index (χ4n) is 1.68. The van der Waals surface area contributed by atoms with Crippen molar-refractivity contribution in [1.29, 1.82) is 0 Å². The first-order valence-corrected chi connectivity index (χ1v) is 9.83. The Labute approximate surface area is 118 Å². The summed E-state index contributed by atoms with van der Waals surface area (Å²) in [6.07, 6.45) is 4.89. The largest absolute Gasteiger partial charge is 0.501 e. The molecular weight excluding hydrogens is 261 g/mol. The summed E-state index contributed by atoms with van der Waals surface area (Å²) in [5, 5.41) is 1.30. The Balaban J connectivity index is 5.02. The highest BCUT2D eigenvalue weighted by atomic mass is 32.4. The molecule has 0 fully saturated rings. The predicted octanol–water partition coefficient (Wildman–Crippen LogP) is 4.59. The fraction of sp³-hybridized carbons (Fsp3) is 0.714. The van der Waals surface area contributed by atoms with E-state index in [9.17, 15) is 0 Å². The minimum absolute atomic E-state index is 0.918. The van der Waals surface area contributed by atoms with Crippen molar-refractivity contribution in [3.05, 3.63) is 23.2 Å². The summed E-state index contributed by atoms with van der Waals surface area (Å²) in [4.78, 5) is 0. The van der Waals surface area contributed by atoms with E-state index in [1.807, 2.05) is 13.0 Å². The Hall–Kier alpha value is -0.110. The highest BCUT2D eigenvalue weighted by Gasteiger charge is 2.20. The monoisotopic (exact) mass is 289 g/mol. The van der Waals surface area contributed by atoms with Gasteiger partial charge in [0.25, 0.3) is 0 Å². The average Bonchev–Trinajstić information content (AvgIpc) is 2.34. The van der Waals surface area contributed by atoms with Crippen LogP contribution in [0.15, 0.2) is 23.2 Å². The standard InChI is InChI=1S/C14H28NOPS/c1-7-11-15(12-8-2)17(6,18)14(4)10-9-13(3)16-5/h9-10H,7-8,11-12H2,1-6H3/b13-9?,14-10+. The molecule has 0 bridgehead atoms. The molecule has 0 aliphatic carbocycles. The second-order valence-electron chi connectivity index (χ2n) is 4.62. The number of hydrogen-bond acceptors (Lipinski definition) is 2. The van der Waals surface area contributed by atoms with Crippen molar-refractivity contribution in [3.63, 3.8) is 0 Å². The van der Waals surface area contributed by atoms with Crippen LogP contribution in [0.1, 0.15) is 40.5 Å². The van der Waals surface area contributed by atoms with Crippen molar-refractivity contribution in [1.82, 2.24) is 4.67 Å². The highest BCUT2D eigenvalue weighted by molar-refractivity contribution is 8.15. The molecule has 0 heterocycles. The van der Waals surface area contributed by atoms with Crippen molar-refractivity contribution in [2.24, 2.45) is 0 Å². The number of nitrogens with zero attached hydrogens (tertiary/aromatic N) is 1. The van der Waals surface area contributed by atoms with Crippen LogP contribution in [0.25, 0.3) is 0 Å². The van der Waals surface area contributed by atoms with E-state index < -0.39 is 6.19 Å². The van der Waals surface area contributed by atoms with Gasteiger partial charge < -0.3 is 4.74 Å². The van der Waals surface area contributed by atoms with Gasteiger partial charge in [-0.2, -0.15) is 0 Å². The van der Waals surface area contributed by atoms with E-state index in [0.29, 0.717) is 0 Å². The topological polar surface area (TPSA) is 12.5 Å². The number of ether oxygens (including phenoxy) is 1. The molecule has 0 spiro atoms. The van der Waals surface area contributed by atoms with Crippen LogP contribution >= 0.6 is 6.19 Å². The van der Waals surface area contributed by atoms with Crippen molar-refractivity contribution in [2.75, 3.05) is 26.9 Å². The van der Waals surface area contributed by atoms with Gasteiger partial charge in [0, 0.05) is 19.3 Å². The summed E-state index contributed by atoms with van der Waals surface area (Å²) < 4.78 is 7.64. The molecule has 2 nitrogen and oxygen atoms in total. The summed E-state index contributed by atoms with van der Waals surface area (Å²) in [5.74, 6) is 0.918. The molecule has 0 aromatic rings. The van der Waals surface area contributed by atoms with Crippen LogP contribution in [0, 0.1) is 0 Å². The summed E-state index contributed by atoms with van der Waals surface area (Å²) in [5.41, 5.74) is 0. The van der Waals surface area contributed by atoms with Crippen LogP contribution < -0.4 is 0 Å². The first kappa shape index (κ1) is 17.9. The molecule has 1 atom stereocenters. The minimum Gasteiger partial charge on any atom is -0.501 e. The first-order valence-electron chi connectivity index (χ1n) is 6.62. The van der Waals surface area contributed by atoms with E-state index in [0.717, 1.165) is 31.7 Å². The lowest BCUT2D eigenvalue weighted by Crippen LogP contribution is -2.22. The third-order valence-corrected chi connectivity index (χ3v) is 7.53. The Morgan fingerprint density at radius 1 is 1.17 bits per heavy atom. The molecule has 1 unspecified atom stereocenters. The smallest absolute Gasteiger partial charge is 0.0924 e. The van der Waals surface area contributed by atoms with Crippen LogP contribution in [-0.4, -0.2) is 31.5 Å². The second kappa shape index (κ2) is 8.90. The SMILES string of the molecule is CCCN(CCC)P(C)(=S)/C(C)=C/C=C(C)OC. The minimum atomic E-state index is -1.57. The third-order valence-electron chi connectivity index (χ3n) is 3.04. The Kier molecular flexibility index (Phi) is 8.85. The van der Waals surface area contributed by atoms with Crippen LogP contribution in [0.3, 0.4) is 0 Å². The first-order chi connectivity index (χ1) is 8.39. The summed E-state index contributed by atoms with van der Waals surface area (Å²) in [7, 11) is 1.69. The molecule has 4 heteroatoms. The Morgan fingerprint density at radius 3 is 2.06 bits per heavy atom. The van der Waals surface area contributed by atoms with Gasteiger partial charge in [0.15, 0.2) is 0 Å². The van der Waals surface area contributed by atoms with Gasteiger partial charge in [-0.3, -0.25) is 4.67 Å². The lowest BCUT2D eigenvalue weighted by molar-refractivity contribution is 0.294. The fourth-order valence-corrected chi connectivity index (χ4v) is 4.31. The zero-order valence-electron chi connectivity index (χ0n) is 12.7. The molecule has 0 N–H and O–H groups in total. The number of methoxy groups -OCH3 is 1. The zero-order chi connectivity index (χ0) is 14.2. The summed E-state index contributed by atoms with van der Waals surface area (Å²) >= 11 is 5.91. The van der Waals surface area contributed by atoms with Crippen molar-refractivity contribution >= 4 is 18.0 Å². The second-order valence-corrected chi connectivity index (χ2v) is 9.78. The van der Waals surface area contributed by atoms with Gasteiger partial charge in [0.05, 0.1) is 12.9 Å². The van der Waals surface area contributed by atoms with Gasteiger partial charge in [-0.15, -0.1) is 0 Å². The number of rotatable bonds is 8. The molecule has 0 aromatic heterocycles. The Bertz CT molecular complexity index is 344. The molecule has 0 saturated carbocycles. The van der Waals surface area contributed by atoms with Gasteiger partial charge in [0.1, 0.15) is 0 Å². The van der Waals surface area contributed by atoms with E-state index in [4.69, 9.17) is 16.5 Å². The maximum atomic E-state index is 5.91. The summed E-state index contributed by atoms with van der Waals surface area (Å²) in [6, 6.07) is 0. The molecular formula is C14H28NOPS. The molecule has 106 valence electrons. The normalized spacial score (nSPS) is 16.8. The molecule has 0 aliphatic rings. The van der Waals surface area contributed by atoms with E-state index >= 15 is 0 Å². The molecule has 0 aromatic carbocycles. The van der Waals surface area contributed by atoms with E-state index in [1.165, 1.54) is 5.31 Å². The van der Waals surface area contributed by atoms with Crippen molar-refractivity contribution in [2.45, 2.75) is 40.5 Å².